The second kappa shape index (κ2) is 9.29. The average Bonchev–Trinajstić information content (AvgIpc) is 2.73. The van der Waals surface area contributed by atoms with Crippen molar-refractivity contribution >= 4 is 21.3 Å². The predicted molar refractivity (Wildman–Crippen MR) is 119 cm³/mol. The van der Waals surface area contributed by atoms with Gasteiger partial charge in [-0.15, -0.1) is 10.2 Å². The SMILES string of the molecule is COc1ccc(Oc2nnc(C(F)(F)F)c(C)c2C(=O)Nc2cccc(S(C)(=N)=O)c2)c(C)c1. The molecule has 1 amide bonds. The number of nitrogens with zero attached hydrogens (tertiary/aromatic N) is 2. The minimum atomic E-state index is -4.85. The molecule has 1 aromatic heterocycles. The first-order chi connectivity index (χ1) is 15.8. The number of carbonyl (C=O) groups is 1. The monoisotopic (exact) mass is 494 g/mol. The minimum Gasteiger partial charge on any atom is -0.497 e. The molecule has 8 nitrogen and oxygen atoms in total. The summed E-state index contributed by atoms with van der Waals surface area (Å²) in [5.74, 6) is -0.583. The zero-order chi connectivity index (χ0) is 25.3. The van der Waals surface area contributed by atoms with E-state index in [1.165, 1.54) is 43.7 Å². The lowest BCUT2D eigenvalue weighted by Gasteiger charge is -2.17. The zero-order valence-electron chi connectivity index (χ0n) is 18.6. The third-order valence-electron chi connectivity index (χ3n) is 4.81. The Hall–Kier alpha value is -3.67. The number of anilines is 1. The highest BCUT2D eigenvalue weighted by molar-refractivity contribution is 7.91. The van der Waals surface area contributed by atoms with Crippen LogP contribution in [0.25, 0.3) is 0 Å². The van der Waals surface area contributed by atoms with Crippen LogP contribution < -0.4 is 14.8 Å². The lowest BCUT2D eigenvalue weighted by atomic mass is 10.1. The van der Waals surface area contributed by atoms with Crippen molar-refractivity contribution in [3.8, 4) is 17.4 Å². The summed E-state index contributed by atoms with van der Waals surface area (Å²) in [5.41, 5.74) is -1.54. The summed E-state index contributed by atoms with van der Waals surface area (Å²) in [6, 6.07) is 10.5. The molecule has 0 saturated heterocycles. The van der Waals surface area contributed by atoms with E-state index in [2.05, 4.69) is 15.5 Å². The number of amides is 1. The van der Waals surface area contributed by atoms with Crippen LogP contribution in [0.4, 0.5) is 18.9 Å². The molecular weight excluding hydrogens is 473 g/mol. The molecule has 0 aliphatic heterocycles. The van der Waals surface area contributed by atoms with Crippen LogP contribution in [-0.2, 0) is 15.9 Å². The standard InChI is InChI=1S/C22H21F3N4O4S/c1-12-10-15(32-3)8-9-17(12)33-21-18(13(2)19(28-29-21)22(23,24)25)20(30)27-14-6-5-7-16(11-14)34(4,26)31/h5-11,26H,1-4H3,(H,27,30). The number of rotatable bonds is 6. The maximum absolute atomic E-state index is 13.5. The Labute approximate surface area is 194 Å². The first-order valence-electron chi connectivity index (χ1n) is 9.73. The molecule has 2 aromatic carbocycles. The first kappa shape index (κ1) is 25.0. The fourth-order valence-corrected chi connectivity index (χ4v) is 3.77. The fourth-order valence-electron chi connectivity index (χ4n) is 3.08. The van der Waals surface area contributed by atoms with Gasteiger partial charge in [-0.05, 0) is 61.4 Å². The summed E-state index contributed by atoms with van der Waals surface area (Å²) < 4.78 is 70.9. The van der Waals surface area contributed by atoms with E-state index < -0.39 is 44.5 Å². The van der Waals surface area contributed by atoms with Crippen molar-refractivity contribution < 1.29 is 31.6 Å². The first-order valence-corrected chi connectivity index (χ1v) is 11.7. The van der Waals surface area contributed by atoms with E-state index in [-0.39, 0.29) is 16.3 Å². The number of halogens is 3. The van der Waals surface area contributed by atoms with Gasteiger partial charge in [0.25, 0.3) is 11.8 Å². The Kier molecular flexibility index (Phi) is 6.82. The van der Waals surface area contributed by atoms with Crippen LogP contribution in [0.15, 0.2) is 47.4 Å². The Balaban J connectivity index is 2.07. The van der Waals surface area contributed by atoms with Crippen molar-refractivity contribution in [1.82, 2.24) is 10.2 Å². The van der Waals surface area contributed by atoms with Crippen molar-refractivity contribution in [2.75, 3.05) is 18.7 Å². The lowest BCUT2D eigenvalue weighted by Crippen LogP contribution is -2.21. The predicted octanol–water partition coefficient (Wildman–Crippen LogP) is 5.20. The number of methoxy groups -OCH3 is 1. The number of aryl methyl sites for hydroxylation is 1. The van der Waals surface area contributed by atoms with Gasteiger partial charge in [-0.3, -0.25) is 4.79 Å². The summed E-state index contributed by atoms with van der Waals surface area (Å²) in [5, 5.41) is 9.25. The molecule has 0 radical (unpaired) electrons. The summed E-state index contributed by atoms with van der Waals surface area (Å²) in [7, 11) is -1.60. The van der Waals surface area contributed by atoms with Gasteiger partial charge in [0.2, 0.25) is 0 Å². The van der Waals surface area contributed by atoms with E-state index in [1.54, 1.807) is 19.1 Å². The Morgan fingerprint density at radius 2 is 1.82 bits per heavy atom. The highest BCUT2D eigenvalue weighted by Gasteiger charge is 2.38. The van der Waals surface area contributed by atoms with Gasteiger partial charge >= 0.3 is 6.18 Å². The quantitative estimate of drug-likeness (QED) is 0.487. The van der Waals surface area contributed by atoms with Gasteiger partial charge in [0.05, 0.1) is 16.8 Å². The molecule has 2 N–H and O–H groups in total. The summed E-state index contributed by atoms with van der Waals surface area (Å²) in [6.07, 6.45) is -3.64. The van der Waals surface area contributed by atoms with Gasteiger partial charge in [-0.2, -0.15) is 13.2 Å². The third-order valence-corrected chi connectivity index (χ3v) is 5.96. The molecule has 0 saturated carbocycles. The van der Waals surface area contributed by atoms with Gasteiger partial charge in [-0.25, -0.2) is 8.99 Å². The van der Waals surface area contributed by atoms with Crippen LogP contribution in [-0.4, -0.2) is 33.7 Å². The average molecular weight is 494 g/mol. The molecule has 3 aromatic rings. The third kappa shape index (κ3) is 5.45. The van der Waals surface area contributed by atoms with E-state index in [4.69, 9.17) is 14.3 Å². The number of ether oxygens (including phenoxy) is 2. The van der Waals surface area contributed by atoms with E-state index >= 15 is 0 Å². The number of alkyl halides is 3. The van der Waals surface area contributed by atoms with Crippen molar-refractivity contribution in [3.63, 3.8) is 0 Å². The second-order valence-electron chi connectivity index (χ2n) is 7.41. The minimum absolute atomic E-state index is 0.140. The summed E-state index contributed by atoms with van der Waals surface area (Å²) in [4.78, 5) is 13.3. The number of carbonyl (C=O) groups excluding carboxylic acids is 1. The maximum Gasteiger partial charge on any atom is 0.435 e. The van der Waals surface area contributed by atoms with E-state index in [0.717, 1.165) is 6.92 Å². The highest BCUT2D eigenvalue weighted by Crippen LogP contribution is 2.36. The van der Waals surface area contributed by atoms with Crippen LogP contribution >= 0.6 is 0 Å². The number of hydrogen-bond donors (Lipinski definition) is 2. The van der Waals surface area contributed by atoms with E-state index in [1.807, 2.05) is 0 Å². The van der Waals surface area contributed by atoms with Crippen molar-refractivity contribution in [2.45, 2.75) is 24.9 Å². The van der Waals surface area contributed by atoms with Crippen molar-refractivity contribution in [2.24, 2.45) is 0 Å². The Bertz CT molecular complexity index is 1360. The Morgan fingerprint density at radius 3 is 2.41 bits per heavy atom. The molecule has 0 aliphatic rings. The van der Waals surface area contributed by atoms with Crippen LogP contribution in [0.3, 0.4) is 0 Å². The van der Waals surface area contributed by atoms with Crippen LogP contribution in [0.1, 0.15) is 27.2 Å². The molecule has 3 rings (SSSR count). The smallest absolute Gasteiger partial charge is 0.435 e. The van der Waals surface area contributed by atoms with E-state index in [0.29, 0.717) is 11.3 Å². The van der Waals surface area contributed by atoms with Crippen LogP contribution in [0.2, 0.25) is 0 Å². The molecule has 1 atom stereocenters. The molecule has 0 aliphatic carbocycles. The number of nitrogens with one attached hydrogen (secondary N) is 2. The van der Waals surface area contributed by atoms with Gasteiger partial charge in [-0.1, -0.05) is 6.07 Å². The maximum atomic E-state index is 13.5. The Morgan fingerprint density at radius 1 is 1.12 bits per heavy atom. The fraction of sp³-hybridized carbons (Fsp3) is 0.227. The molecule has 0 spiro atoms. The second-order valence-corrected chi connectivity index (χ2v) is 9.57. The highest BCUT2D eigenvalue weighted by atomic mass is 32.2. The molecule has 1 heterocycles. The topological polar surface area (TPSA) is 114 Å². The van der Waals surface area contributed by atoms with E-state index in [9.17, 15) is 22.2 Å². The zero-order valence-corrected chi connectivity index (χ0v) is 19.4. The van der Waals surface area contributed by atoms with Crippen LogP contribution in [0.5, 0.6) is 17.4 Å². The number of benzene rings is 2. The van der Waals surface area contributed by atoms with Crippen molar-refractivity contribution in [3.05, 3.63) is 64.8 Å². The van der Waals surface area contributed by atoms with Gasteiger partial charge in [0.15, 0.2) is 5.69 Å². The number of hydrogen-bond acceptors (Lipinski definition) is 7. The van der Waals surface area contributed by atoms with Gasteiger partial charge in [0, 0.05) is 16.8 Å². The largest absolute Gasteiger partial charge is 0.497 e. The van der Waals surface area contributed by atoms with Gasteiger partial charge in [0.1, 0.15) is 17.1 Å². The van der Waals surface area contributed by atoms with Crippen LogP contribution in [0, 0.1) is 18.6 Å². The summed E-state index contributed by atoms with van der Waals surface area (Å²) in [6.45, 7) is 2.79. The molecule has 0 bridgehead atoms. The van der Waals surface area contributed by atoms with Gasteiger partial charge < -0.3 is 14.8 Å². The molecule has 12 heteroatoms. The summed E-state index contributed by atoms with van der Waals surface area (Å²) >= 11 is 0. The molecule has 180 valence electrons. The molecule has 1 unspecified atom stereocenters. The lowest BCUT2D eigenvalue weighted by molar-refractivity contribution is -0.142. The normalized spacial score (nSPS) is 13.1. The number of aromatic nitrogens is 2. The molecule has 0 fully saturated rings. The van der Waals surface area contributed by atoms with Crippen molar-refractivity contribution in [1.29, 1.82) is 4.78 Å². The molecular formula is C22H21F3N4O4S. The molecule has 34 heavy (non-hydrogen) atoms.